The van der Waals surface area contributed by atoms with Crippen LogP contribution in [0.4, 0.5) is 0 Å². The first-order valence-electron chi connectivity index (χ1n) is 8.54. The van der Waals surface area contributed by atoms with Crippen LogP contribution in [0.1, 0.15) is 30.3 Å². The summed E-state index contributed by atoms with van der Waals surface area (Å²) in [5.41, 5.74) is 0. The van der Waals surface area contributed by atoms with Crippen molar-refractivity contribution in [2.24, 2.45) is 13.0 Å². The first kappa shape index (κ1) is 18.6. The Hall–Kier alpha value is -1.72. The summed E-state index contributed by atoms with van der Waals surface area (Å²) in [6.07, 6.45) is 1.32. The van der Waals surface area contributed by atoms with Gasteiger partial charge in [-0.05, 0) is 30.7 Å². The van der Waals surface area contributed by atoms with Gasteiger partial charge in [-0.3, -0.25) is 0 Å². The van der Waals surface area contributed by atoms with E-state index < -0.39 is 9.84 Å². The maximum atomic E-state index is 11.6. The highest BCUT2D eigenvalue weighted by molar-refractivity contribution is 7.99. The molecule has 0 aromatic carbocycles. The van der Waals surface area contributed by atoms with Gasteiger partial charge >= 0.3 is 0 Å². The van der Waals surface area contributed by atoms with Gasteiger partial charge < -0.3 is 8.98 Å². The Morgan fingerprint density at radius 1 is 1.37 bits per heavy atom. The highest BCUT2D eigenvalue weighted by atomic mass is 32.2. The Labute approximate surface area is 165 Å². The molecule has 27 heavy (non-hydrogen) atoms. The van der Waals surface area contributed by atoms with Crippen LogP contribution in [0.2, 0.25) is 0 Å². The maximum absolute atomic E-state index is 11.6. The predicted octanol–water partition coefficient (Wildman–Crippen LogP) is 2.76. The van der Waals surface area contributed by atoms with E-state index in [9.17, 15) is 8.42 Å². The van der Waals surface area contributed by atoms with Crippen molar-refractivity contribution in [3.8, 4) is 10.8 Å². The SMILES string of the molecule is C[C@H](Sc1nnc(C[C@H]2CCS(=O)(=O)C2)n1C)c1nnc(-c2cccs2)o1. The van der Waals surface area contributed by atoms with Crippen LogP contribution in [0.5, 0.6) is 0 Å². The summed E-state index contributed by atoms with van der Waals surface area (Å²) in [6.45, 7) is 1.98. The Kier molecular flexibility index (Phi) is 5.08. The minimum atomic E-state index is -2.88. The Bertz CT molecular complexity index is 1030. The van der Waals surface area contributed by atoms with Crippen LogP contribution < -0.4 is 0 Å². The van der Waals surface area contributed by atoms with Crippen molar-refractivity contribution in [2.45, 2.75) is 30.2 Å². The van der Waals surface area contributed by atoms with Crippen molar-refractivity contribution in [1.82, 2.24) is 25.0 Å². The fourth-order valence-electron chi connectivity index (χ4n) is 3.02. The van der Waals surface area contributed by atoms with Gasteiger partial charge in [0.25, 0.3) is 5.89 Å². The van der Waals surface area contributed by atoms with Gasteiger partial charge in [-0.1, -0.05) is 17.8 Å². The molecule has 1 aliphatic rings. The third kappa shape index (κ3) is 4.09. The normalized spacial score (nSPS) is 20.1. The average molecular weight is 426 g/mol. The quantitative estimate of drug-likeness (QED) is 0.555. The Morgan fingerprint density at radius 2 is 2.22 bits per heavy atom. The first-order valence-corrected chi connectivity index (χ1v) is 12.1. The molecule has 3 aromatic heterocycles. The third-order valence-electron chi connectivity index (χ3n) is 4.53. The highest BCUT2D eigenvalue weighted by Gasteiger charge is 2.29. The Balaban J connectivity index is 1.43. The molecule has 11 heteroatoms. The van der Waals surface area contributed by atoms with Crippen molar-refractivity contribution >= 4 is 32.9 Å². The topological polar surface area (TPSA) is 104 Å². The number of sulfone groups is 1. The number of nitrogens with zero attached hydrogens (tertiary/aromatic N) is 5. The molecule has 1 fully saturated rings. The van der Waals surface area contributed by atoms with E-state index >= 15 is 0 Å². The van der Waals surface area contributed by atoms with E-state index in [0.717, 1.165) is 15.9 Å². The van der Waals surface area contributed by atoms with Crippen molar-refractivity contribution in [3.63, 3.8) is 0 Å². The van der Waals surface area contributed by atoms with Gasteiger partial charge in [-0.2, -0.15) is 0 Å². The van der Waals surface area contributed by atoms with Crippen LogP contribution in [-0.2, 0) is 23.3 Å². The van der Waals surface area contributed by atoms with E-state index in [1.807, 2.05) is 36.1 Å². The molecule has 8 nitrogen and oxygen atoms in total. The summed E-state index contributed by atoms with van der Waals surface area (Å²) < 4.78 is 31.0. The van der Waals surface area contributed by atoms with Gasteiger partial charge in [-0.15, -0.1) is 31.7 Å². The molecule has 2 atom stereocenters. The predicted molar refractivity (Wildman–Crippen MR) is 103 cm³/mol. The van der Waals surface area contributed by atoms with E-state index in [4.69, 9.17) is 4.42 Å². The first-order chi connectivity index (χ1) is 12.9. The van der Waals surface area contributed by atoms with Crippen LogP contribution in [-0.4, -0.2) is 44.9 Å². The molecule has 0 saturated carbocycles. The lowest BCUT2D eigenvalue weighted by Crippen LogP contribution is -2.11. The molecule has 144 valence electrons. The Morgan fingerprint density at radius 3 is 2.93 bits per heavy atom. The second kappa shape index (κ2) is 7.36. The number of thioether (sulfide) groups is 1. The molecule has 0 radical (unpaired) electrons. The molecule has 0 spiro atoms. The standard InChI is InChI=1S/C16H19N5O3S3/c1-10(14-18-19-15(24-14)12-4-3-6-25-12)26-16-20-17-13(21(16)2)8-11-5-7-27(22,23)9-11/h3-4,6,10-11H,5,7-9H2,1-2H3/t10-,11+/m0/s1. The lowest BCUT2D eigenvalue weighted by atomic mass is 10.1. The fraction of sp³-hybridized carbons (Fsp3) is 0.500. The summed E-state index contributed by atoms with van der Waals surface area (Å²) in [6, 6.07) is 3.89. The molecule has 0 amide bonds. The largest absolute Gasteiger partial charge is 0.419 e. The van der Waals surface area contributed by atoms with Crippen LogP contribution in [0.25, 0.3) is 10.8 Å². The molecule has 0 unspecified atom stereocenters. The molecule has 1 saturated heterocycles. The molecular formula is C16H19N5O3S3. The number of hydrogen-bond acceptors (Lipinski definition) is 9. The summed E-state index contributed by atoms with van der Waals surface area (Å²) in [4.78, 5) is 0.943. The van der Waals surface area contributed by atoms with Crippen LogP contribution >= 0.6 is 23.1 Å². The second-order valence-corrected chi connectivity index (χ2v) is 11.1. The molecule has 3 aromatic rings. The summed E-state index contributed by atoms with van der Waals surface area (Å²) in [7, 11) is -0.981. The van der Waals surface area contributed by atoms with Gasteiger partial charge in [0.1, 0.15) is 5.82 Å². The summed E-state index contributed by atoms with van der Waals surface area (Å²) >= 11 is 3.04. The van der Waals surface area contributed by atoms with Crippen molar-refractivity contribution < 1.29 is 12.8 Å². The lowest BCUT2D eigenvalue weighted by molar-refractivity contribution is 0.509. The van der Waals surface area contributed by atoms with Gasteiger partial charge in [-0.25, -0.2) is 8.42 Å². The molecule has 4 heterocycles. The minimum absolute atomic E-state index is 0.0752. The van der Waals surface area contributed by atoms with Crippen LogP contribution in [0.3, 0.4) is 0 Å². The number of thiophene rings is 1. The monoisotopic (exact) mass is 425 g/mol. The molecule has 0 bridgehead atoms. The zero-order valence-electron chi connectivity index (χ0n) is 14.9. The zero-order chi connectivity index (χ0) is 19.0. The minimum Gasteiger partial charge on any atom is -0.419 e. The van der Waals surface area contributed by atoms with Gasteiger partial charge in [0.05, 0.1) is 21.6 Å². The molecular weight excluding hydrogens is 406 g/mol. The summed E-state index contributed by atoms with van der Waals surface area (Å²) in [5.74, 6) is 2.50. The average Bonchev–Trinajstić information content (AvgIpc) is 3.38. The molecule has 1 aliphatic heterocycles. The van der Waals surface area contributed by atoms with Crippen LogP contribution in [0.15, 0.2) is 27.1 Å². The smallest absolute Gasteiger partial charge is 0.257 e. The van der Waals surface area contributed by atoms with Crippen molar-refractivity contribution in [3.05, 3.63) is 29.2 Å². The molecule has 0 aliphatic carbocycles. The zero-order valence-corrected chi connectivity index (χ0v) is 17.4. The van der Waals surface area contributed by atoms with E-state index in [0.29, 0.717) is 24.6 Å². The van der Waals surface area contributed by atoms with Gasteiger partial charge in [0.15, 0.2) is 15.0 Å². The third-order valence-corrected chi connectivity index (χ3v) is 8.34. The van der Waals surface area contributed by atoms with Gasteiger partial charge in [0.2, 0.25) is 5.89 Å². The molecule has 4 rings (SSSR count). The van der Waals surface area contributed by atoms with E-state index in [2.05, 4.69) is 20.4 Å². The lowest BCUT2D eigenvalue weighted by Gasteiger charge is -2.09. The number of aromatic nitrogens is 5. The second-order valence-electron chi connectivity index (χ2n) is 6.61. The highest BCUT2D eigenvalue weighted by Crippen LogP contribution is 2.35. The summed E-state index contributed by atoms with van der Waals surface area (Å²) in [5, 5.41) is 19.4. The van der Waals surface area contributed by atoms with Gasteiger partial charge in [0, 0.05) is 13.5 Å². The van der Waals surface area contributed by atoms with E-state index in [1.54, 1.807) is 11.3 Å². The van der Waals surface area contributed by atoms with Crippen molar-refractivity contribution in [1.29, 1.82) is 0 Å². The molecule has 0 N–H and O–H groups in total. The fourth-order valence-corrected chi connectivity index (χ4v) is 6.39. The van der Waals surface area contributed by atoms with Crippen molar-refractivity contribution in [2.75, 3.05) is 11.5 Å². The van der Waals surface area contributed by atoms with E-state index in [1.165, 1.54) is 11.8 Å². The number of rotatable bonds is 6. The number of hydrogen-bond donors (Lipinski definition) is 0. The van der Waals surface area contributed by atoms with E-state index in [-0.39, 0.29) is 22.7 Å². The maximum Gasteiger partial charge on any atom is 0.257 e. The van der Waals surface area contributed by atoms with Crippen LogP contribution in [0, 0.1) is 5.92 Å².